The SMILES string of the molecule is C=C(NOCCCCC1COC(C)(C(=O)OC)OC1)c1ccccc1. The minimum absolute atomic E-state index is 0.282. The van der Waals surface area contributed by atoms with Gasteiger partial charge in [-0.1, -0.05) is 43.3 Å². The van der Waals surface area contributed by atoms with Gasteiger partial charge in [-0.05, 0) is 18.4 Å². The fourth-order valence-corrected chi connectivity index (χ4v) is 2.56. The van der Waals surface area contributed by atoms with Gasteiger partial charge in [0.1, 0.15) is 0 Å². The third-order valence-corrected chi connectivity index (χ3v) is 4.17. The quantitative estimate of drug-likeness (QED) is 0.420. The zero-order valence-electron chi connectivity index (χ0n) is 15.0. The van der Waals surface area contributed by atoms with E-state index in [1.807, 2.05) is 30.3 Å². The molecular weight excluding hydrogens is 322 g/mol. The van der Waals surface area contributed by atoms with E-state index in [0.717, 1.165) is 30.5 Å². The Hall–Kier alpha value is -1.89. The molecule has 2 rings (SSSR count). The summed E-state index contributed by atoms with van der Waals surface area (Å²) in [5.74, 6) is -1.48. The molecule has 0 radical (unpaired) electrons. The molecule has 1 saturated heterocycles. The molecule has 1 aromatic rings. The van der Waals surface area contributed by atoms with Crippen molar-refractivity contribution >= 4 is 11.7 Å². The molecule has 0 bridgehead atoms. The molecule has 25 heavy (non-hydrogen) atoms. The van der Waals surface area contributed by atoms with Crippen LogP contribution in [-0.2, 0) is 23.8 Å². The molecule has 6 heteroatoms. The molecule has 6 nitrogen and oxygen atoms in total. The Labute approximate surface area is 149 Å². The predicted molar refractivity (Wildman–Crippen MR) is 94.2 cm³/mol. The number of hydroxylamine groups is 1. The summed E-state index contributed by atoms with van der Waals surface area (Å²) < 4.78 is 15.8. The second kappa shape index (κ2) is 9.56. The molecule has 0 aliphatic carbocycles. The molecule has 138 valence electrons. The normalized spacial score (nSPS) is 23.0. The molecular formula is C19H27NO5. The first kappa shape index (κ1) is 19.4. The Kier molecular flexibility index (Phi) is 7.43. The Bertz CT molecular complexity index is 552. The number of esters is 1. The topological polar surface area (TPSA) is 66.0 Å². The number of rotatable bonds is 9. The number of hydrogen-bond acceptors (Lipinski definition) is 6. The van der Waals surface area contributed by atoms with Crippen LogP contribution in [0.4, 0.5) is 0 Å². The molecule has 1 aliphatic rings. The highest BCUT2D eigenvalue weighted by Gasteiger charge is 2.41. The van der Waals surface area contributed by atoms with Crippen LogP contribution in [0.3, 0.4) is 0 Å². The van der Waals surface area contributed by atoms with E-state index in [2.05, 4.69) is 16.8 Å². The van der Waals surface area contributed by atoms with E-state index < -0.39 is 11.8 Å². The van der Waals surface area contributed by atoms with Crippen LogP contribution in [0.2, 0.25) is 0 Å². The van der Waals surface area contributed by atoms with E-state index in [1.54, 1.807) is 6.92 Å². The standard InChI is InChI=1S/C19H27NO5/c1-15(17-10-5-4-6-11-17)20-25-12-8-7-9-16-13-23-19(2,24-14-16)18(21)22-3/h4-6,10-11,16,20H,1,7-9,12-14H2,2-3H3. The van der Waals surface area contributed by atoms with Gasteiger partial charge in [-0.25, -0.2) is 4.79 Å². The first-order valence-corrected chi connectivity index (χ1v) is 8.53. The average Bonchev–Trinajstić information content (AvgIpc) is 2.65. The van der Waals surface area contributed by atoms with Gasteiger partial charge in [0.2, 0.25) is 0 Å². The molecule has 1 fully saturated rings. The second-order valence-electron chi connectivity index (χ2n) is 6.22. The maximum atomic E-state index is 11.6. The highest BCUT2D eigenvalue weighted by molar-refractivity contribution is 5.77. The summed E-state index contributed by atoms with van der Waals surface area (Å²) in [7, 11) is 1.33. The molecule has 1 aromatic carbocycles. The number of hydrogen-bond donors (Lipinski definition) is 1. The molecule has 1 aliphatic heterocycles. The van der Waals surface area contributed by atoms with Gasteiger partial charge in [0.15, 0.2) is 0 Å². The lowest BCUT2D eigenvalue weighted by molar-refractivity contribution is -0.272. The monoisotopic (exact) mass is 349 g/mol. The number of unbranched alkanes of at least 4 members (excludes halogenated alkanes) is 1. The van der Waals surface area contributed by atoms with E-state index in [-0.39, 0.29) is 5.92 Å². The van der Waals surface area contributed by atoms with E-state index in [0.29, 0.717) is 19.8 Å². The molecule has 1 N–H and O–H groups in total. The van der Waals surface area contributed by atoms with Gasteiger partial charge >= 0.3 is 5.97 Å². The van der Waals surface area contributed by atoms with Crippen LogP contribution in [0.5, 0.6) is 0 Å². The van der Waals surface area contributed by atoms with Crippen molar-refractivity contribution in [2.24, 2.45) is 5.92 Å². The van der Waals surface area contributed by atoms with E-state index in [1.165, 1.54) is 7.11 Å². The number of nitrogens with one attached hydrogen (secondary N) is 1. The first-order chi connectivity index (χ1) is 12.0. The Morgan fingerprint density at radius 2 is 1.96 bits per heavy atom. The Morgan fingerprint density at radius 1 is 1.28 bits per heavy atom. The zero-order valence-corrected chi connectivity index (χ0v) is 15.0. The summed E-state index contributed by atoms with van der Waals surface area (Å²) in [6, 6.07) is 9.83. The van der Waals surface area contributed by atoms with Crippen molar-refractivity contribution in [2.45, 2.75) is 32.0 Å². The van der Waals surface area contributed by atoms with Crippen LogP contribution in [-0.4, -0.2) is 38.7 Å². The smallest absolute Gasteiger partial charge is 0.366 e. The summed E-state index contributed by atoms with van der Waals surface area (Å²) in [6.45, 7) is 7.12. The molecule has 0 saturated carbocycles. The minimum atomic E-state index is -1.27. The highest BCUT2D eigenvalue weighted by Crippen LogP contribution is 2.25. The Morgan fingerprint density at radius 3 is 2.60 bits per heavy atom. The minimum Gasteiger partial charge on any atom is -0.465 e. The van der Waals surface area contributed by atoms with Crippen molar-refractivity contribution in [3.05, 3.63) is 42.5 Å². The van der Waals surface area contributed by atoms with Crippen molar-refractivity contribution in [1.29, 1.82) is 0 Å². The maximum absolute atomic E-state index is 11.6. The van der Waals surface area contributed by atoms with Crippen LogP contribution < -0.4 is 5.48 Å². The number of carbonyl (C=O) groups is 1. The van der Waals surface area contributed by atoms with Gasteiger partial charge in [-0.2, -0.15) is 0 Å². The van der Waals surface area contributed by atoms with Crippen LogP contribution in [0.25, 0.3) is 5.70 Å². The van der Waals surface area contributed by atoms with Crippen molar-refractivity contribution in [3.8, 4) is 0 Å². The highest BCUT2D eigenvalue weighted by atomic mass is 16.7. The summed E-state index contributed by atoms with van der Waals surface area (Å²) in [4.78, 5) is 17.0. The summed E-state index contributed by atoms with van der Waals surface area (Å²) >= 11 is 0. The van der Waals surface area contributed by atoms with Crippen LogP contribution in [0.15, 0.2) is 36.9 Å². The number of carbonyl (C=O) groups excluding carboxylic acids is 1. The van der Waals surface area contributed by atoms with Crippen LogP contribution in [0.1, 0.15) is 31.7 Å². The molecule has 0 spiro atoms. The second-order valence-corrected chi connectivity index (χ2v) is 6.22. The maximum Gasteiger partial charge on any atom is 0.366 e. The van der Waals surface area contributed by atoms with Gasteiger partial charge in [0, 0.05) is 12.8 Å². The van der Waals surface area contributed by atoms with Crippen molar-refractivity contribution in [3.63, 3.8) is 0 Å². The predicted octanol–water partition coefficient (Wildman–Crippen LogP) is 2.90. The van der Waals surface area contributed by atoms with Crippen molar-refractivity contribution < 1.29 is 23.8 Å². The Balaban J connectivity index is 1.54. The molecule has 0 unspecified atom stereocenters. The number of ether oxygens (including phenoxy) is 3. The fraction of sp³-hybridized carbons (Fsp3) is 0.526. The van der Waals surface area contributed by atoms with Gasteiger partial charge < -0.3 is 14.2 Å². The van der Waals surface area contributed by atoms with E-state index in [9.17, 15) is 4.79 Å². The summed E-state index contributed by atoms with van der Waals surface area (Å²) in [5.41, 5.74) is 4.63. The molecule has 0 aromatic heterocycles. The molecule has 0 amide bonds. The lowest BCUT2D eigenvalue weighted by Crippen LogP contribution is -2.48. The number of benzene rings is 1. The van der Waals surface area contributed by atoms with E-state index in [4.69, 9.17) is 14.3 Å². The lowest BCUT2D eigenvalue weighted by Gasteiger charge is -2.35. The zero-order chi connectivity index (χ0) is 18.1. The third kappa shape index (κ3) is 5.85. The van der Waals surface area contributed by atoms with E-state index >= 15 is 0 Å². The van der Waals surface area contributed by atoms with Crippen LogP contribution >= 0.6 is 0 Å². The molecule has 0 atom stereocenters. The molecule has 1 heterocycles. The van der Waals surface area contributed by atoms with Crippen molar-refractivity contribution in [2.75, 3.05) is 26.9 Å². The van der Waals surface area contributed by atoms with Gasteiger partial charge in [0.05, 0.1) is 32.6 Å². The van der Waals surface area contributed by atoms with Gasteiger partial charge in [0.25, 0.3) is 5.79 Å². The summed E-state index contributed by atoms with van der Waals surface area (Å²) in [5, 5.41) is 0. The average molecular weight is 349 g/mol. The summed E-state index contributed by atoms with van der Waals surface area (Å²) in [6.07, 6.45) is 2.87. The van der Waals surface area contributed by atoms with Crippen molar-refractivity contribution in [1.82, 2.24) is 5.48 Å². The fourth-order valence-electron chi connectivity index (χ4n) is 2.56. The van der Waals surface area contributed by atoms with Crippen LogP contribution in [0, 0.1) is 5.92 Å². The lowest BCUT2D eigenvalue weighted by atomic mass is 10.0. The third-order valence-electron chi connectivity index (χ3n) is 4.17. The number of methoxy groups -OCH3 is 1. The van der Waals surface area contributed by atoms with Gasteiger partial charge in [-0.15, -0.1) is 0 Å². The first-order valence-electron chi connectivity index (χ1n) is 8.53. The largest absolute Gasteiger partial charge is 0.465 e. The van der Waals surface area contributed by atoms with Gasteiger partial charge in [-0.3, -0.25) is 10.3 Å².